The van der Waals surface area contributed by atoms with Crippen molar-refractivity contribution in [2.75, 3.05) is 13.2 Å². The second-order valence-corrected chi connectivity index (χ2v) is 11.4. The largest absolute Gasteiger partial charge is 0.392 e. The van der Waals surface area contributed by atoms with Gasteiger partial charge in [0.05, 0.1) is 23.0 Å². The fraction of sp³-hybridized carbons (Fsp3) is 0.917. The number of carbonyl (C=O) groups excluding carboxylic acids is 2. The van der Waals surface area contributed by atoms with Crippen molar-refractivity contribution in [2.24, 2.45) is 11.3 Å². The van der Waals surface area contributed by atoms with Crippen molar-refractivity contribution in [1.82, 2.24) is 10.6 Å². The van der Waals surface area contributed by atoms with Gasteiger partial charge >= 0.3 is 0 Å². The summed E-state index contributed by atoms with van der Waals surface area (Å²) in [6, 6.07) is 0. The zero-order valence-corrected chi connectivity index (χ0v) is 19.9. The Bertz CT molecular complexity index is 711. The molecule has 4 atom stereocenters. The third-order valence-corrected chi connectivity index (χ3v) is 9.09. The molecule has 2 amide bonds. The van der Waals surface area contributed by atoms with Gasteiger partial charge in [-0.2, -0.15) is 0 Å². The molecule has 5 rings (SSSR count). The van der Waals surface area contributed by atoms with E-state index in [-0.39, 0.29) is 30.9 Å². The Morgan fingerprint density at radius 3 is 2.36 bits per heavy atom. The molecule has 0 spiro atoms. The van der Waals surface area contributed by atoms with Crippen LogP contribution in [0.5, 0.6) is 0 Å². The van der Waals surface area contributed by atoms with Crippen LogP contribution in [0.15, 0.2) is 0 Å². The SMILES string of the molecule is O=C(COC1CCC(Cl)C(F)C1)NC12CCC(C(=O)NCC3CCC(F)CC3)(CC1)C(O)C2. The first-order valence-corrected chi connectivity index (χ1v) is 13.0. The first kappa shape index (κ1) is 25.1. The van der Waals surface area contributed by atoms with Crippen molar-refractivity contribution in [2.45, 2.75) is 113 Å². The minimum atomic E-state index is -1.11. The van der Waals surface area contributed by atoms with Crippen LogP contribution in [0.2, 0.25) is 0 Å². The Labute approximate surface area is 199 Å². The summed E-state index contributed by atoms with van der Waals surface area (Å²) in [6.07, 6.45) is 3.72. The predicted octanol–water partition coefficient (Wildman–Crippen LogP) is 3.33. The number of halogens is 3. The molecule has 188 valence electrons. The normalized spacial score (nSPS) is 43.2. The number of alkyl halides is 3. The predicted molar refractivity (Wildman–Crippen MR) is 120 cm³/mol. The van der Waals surface area contributed by atoms with Gasteiger partial charge in [-0.15, -0.1) is 11.6 Å². The number of rotatable bonds is 7. The number of nitrogens with one attached hydrogen (secondary N) is 2. The van der Waals surface area contributed by atoms with E-state index >= 15 is 0 Å². The van der Waals surface area contributed by atoms with Gasteiger partial charge in [0.2, 0.25) is 11.8 Å². The fourth-order valence-electron chi connectivity index (χ4n) is 6.29. The summed E-state index contributed by atoms with van der Waals surface area (Å²) >= 11 is 5.90. The van der Waals surface area contributed by atoms with E-state index in [9.17, 15) is 23.5 Å². The number of fused-ring (bicyclic) bond motifs is 3. The Kier molecular flexibility index (Phi) is 7.86. The summed E-state index contributed by atoms with van der Waals surface area (Å²) < 4.78 is 32.7. The molecule has 2 bridgehead atoms. The van der Waals surface area contributed by atoms with Gasteiger partial charge in [-0.1, -0.05) is 0 Å². The lowest BCUT2D eigenvalue weighted by Crippen LogP contribution is -2.65. The quantitative estimate of drug-likeness (QED) is 0.478. The highest BCUT2D eigenvalue weighted by Crippen LogP contribution is 2.52. The van der Waals surface area contributed by atoms with E-state index in [2.05, 4.69) is 10.6 Å². The van der Waals surface area contributed by atoms with Crippen molar-refractivity contribution >= 4 is 23.4 Å². The molecular formula is C24H37ClF2N2O4. The molecule has 0 aromatic carbocycles. The second kappa shape index (κ2) is 10.3. The van der Waals surface area contributed by atoms with Crippen LogP contribution in [0, 0.1) is 11.3 Å². The molecular weight excluding hydrogens is 454 g/mol. The van der Waals surface area contributed by atoms with Crippen molar-refractivity contribution in [3.63, 3.8) is 0 Å². The lowest BCUT2D eigenvalue weighted by molar-refractivity contribution is -0.157. The number of hydrogen-bond donors (Lipinski definition) is 3. The zero-order valence-electron chi connectivity index (χ0n) is 19.2. The molecule has 5 saturated carbocycles. The maximum absolute atomic E-state index is 13.8. The minimum absolute atomic E-state index is 0.115. The van der Waals surface area contributed by atoms with Crippen LogP contribution in [0.25, 0.3) is 0 Å². The minimum Gasteiger partial charge on any atom is -0.392 e. The molecule has 5 fully saturated rings. The maximum atomic E-state index is 13.8. The van der Waals surface area contributed by atoms with E-state index in [0.29, 0.717) is 70.3 Å². The number of carbonyl (C=O) groups is 2. The molecule has 0 saturated heterocycles. The van der Waals surface area contributed by atoms with Gasteiger partial charge in [-0.25, -0.2) is 8.78 Å². The van der Waals surface area contributed by atoms with E-state index in [1.165, 1.54) is 0 Å². The smallest absolute Gasteiger partial charge is 0.246 e. The monoisotopic (exact) mass is 490 g/mol. The topological polar surface area (TPSA) is 87.7 Å². The van der Waals surface area contributed by atoms with Gasteiger partial charge in [0.1, 0.15) is 19.0 Å². The fourth-order valence-corrected chi connectivity index (χ4v) is 6.52. The van der Waals surface area contributed by atoms with Crippen LogP contribution in [0.4, 0.5) is 8.78 Å². The van der Waals surface area contributed by atoms with Crippen LogP contribution < -0.4 is 10.6 Å². The summed E-state index contributed by atoms with van der Waals surface area (Å²) in [5.41, 5.74) is -1.34. The molecule has 0 aromatic heterocycles. The van der Waals surface area contributed by atoms with Crippen molar-refractivity contribution in [1.29, 1.82) is 0 Å². The Morgan fingerprint density at radius 1 is 1.03 bits per heavy atom. The van der Waals surface area contributed by atoms with Gasteiger partial charge in [0.15, 0.2) is 0 Å². The van der Waals surface area contributed by atoms with E-state index in [4.69, 9.17) is 16.3 Å². The van der Waals surface area contributed by atoms with Crippen molar-refractivity contribution < 1.29 is 28.2 Å². The van der Waals surface area contributed by atoms with E-state index in [1.807, 2.05) is 0 Å². The summed E-state index contributed by atoms with van der Waals surface area (Å²) in [5, 5.41) is 16.5. The summed E-state index contributed by atoms with van der Waals surface area (Å²) in [6.45, 7) is 0.388. The van der Waals surface area contributed by atoms with E-state index in [1.54, 1.807) is 0 Å². The lowest BCUT2D eigenvalue weighted by Gasteiger charge is -2.55. The molecule has 0 heterocycles. The number of hydrogen-bond acceptors (Lipinski definition) is 4. The third-order valence-electron chi connectivity index (χ3n) is 8.60. The highest BCUT2D eigenvalue weighted by Gasteiger charge is 2.58. The highest BCUT2D eigenvalue weighted by atomic mass is 35.5. The number of aliphatic hydroxyl groups excluding tert-OH is 1. The van der Waals surface area contributed by atoms with Gasteiger partial charge in [-0.3, -0.25) is 9.59 Å². The van der Waals surface area contributed by atoms with Gasteiger partial charge in [0, 0.05) is 18.5 Å². The van der Waals surface area contributed by atoms with Crippen LogP contribution in [0.1, 0.15) is 77.0 Å². The first-order valence-electron chi connectivity index (χ1n) is 12.5. The van der Waals surface area contributed by atoms with Gasteiger partial charge < -0.3 is 20.5 Å². The molecule has 9 heteroatoms. The molecule has 4 unspecified atom stereocenters. The molecule has 6 nitrogen and oxygen atoms in total. The van der Waals surface area contributed by atoms with Crippen molar-refractivity contribution in [3.8, 4) is 0 Å². The van der Waals surface area contributed by atoms with Gasteiger partial charge in [0.25, 0.3) is 0 Å². The molecule has 5 aliphatic rings. The van der Waals surface area contributed by atoms with Gasteiger partial charge in [-0.05, 0) is 76.5 Å². The number of amides is 2. The molecule has 0 radical (unpaired) electrons. The van der Waals surface area contributed by atoms with Crippen LogP contribution in [-0.2, 0) is 14.3 Å². The van der Waals surface area contributed by atoms with Crippen LogP contribution in [0.3, 0.4) is 0 Å². The number of ether oxygens (including phenoxy) is 1. The molecule has 0 aliphatic heterocycles. The molecule has 3 N–H and O–H groups in total. The summed E-state index contributed by atoms with van der Waals surface area (Å²) in [5.74, 6) is -0.0869. The van der Waals surface area contributed by atoms with Crippen molar-refractivity contribution in [3.05, 3.63) is 0 Å². The Morgan fingerprint density at radius 2 is 1.73 bits per heavy atom. The second-order valence-electron chi connectivity index (χ2n) is 10.8. The summed E-state index contributed by atoms with van der Waals surface area (Å²) in [7, 11) is 0. The average Bonchev–Trinajstić information content (AvgIpc) is 2.80. The average molecular weight is 491 g/mol. The Balaban J connectivity index is 1.23. The van der Waals surface area contributed by atoms with E-state index < -0.39 is 34.8 Å². The molecule has 33 heavy (non-hydrogen) atoms. The lowest BCUT2D eigenvalue weighted by atomic mass is 9.55. The Hall–Kier alpha value is -0.990. The molecule has 0 aromatic rings. The number of aliphatic hydroxyl groups is 1. The maximum Gasteiger partial charge on any atom is 0.246 e. The molecule has 5 aliphatic carbocycles. The highest BCUT2D eigenvalue weighted by molar-refractivity contribution is 6.21. The van der Waals surface area contributed by atoms with Crippen LogP contribution in [-0.4, -0.2) is 65.5 Å². The zero-order chi connectivity index (χ0) is 23.6. The summed E-state index contributed by atoms with van der Waals surface area (Å²) in [4.78, 5) is 25.6. The first-order chi connectivity index (χ1) is 15.7. The standard InChI is InChI=1S/C24H37ClF2N2O4/c25-18-6-5-17(11-19(18)27)33-14-21(31)29-23-7-9-24(10-8-23,20(30)12-23)22(32)28-13-15-1-3-16(26)4-2-15/h15-20,30H,1-14H2,(H,28,32)(H,29,31). The van der Waals surface area contributed by atoms with E-state index in [0.717, 1.165) is 12.8 Å². The van der Waals surface area contributed by atoms with Crippen LogP contribution >= 0.6 is 11.6 Å². The third kappa shape index (κ3) is 5.64.